The monoisotopic (exact) mass is 977 g/mol. The Balaban J connectivity index is 1.07. The molecule has 6 atom stereocenters. The summed E-state index contributed by atoms with van der Waals surface area (Å²) in [5.41, 5.74) is -0.231. The molecule has 18 nitrogen and oxygen atoms in total. The molecule has 9 rings (SSSR count). The first-order chi connectivity index (χ1) is 33.8. The minimum absolute atomic E-state index is 0.0176. The van der Waals surface area contributed by atoms with Gasteiger partial charge in [-0.05, 0) is 50.8 Å². The van der Waals surface area contributed by atoms with Crippen molar-refractivity contribution >= 4 is 40.9 Å². The average molecular weight is 978 g/mol. The molecule has 71 heavy (non-hydrogen) atoms. The minimum Gasteiger partial charge on any atom is -0.507 e. The van der Waals surface area contributed by atoms with E-state index in [1.807, 2.05) is 18.2 Å². The number of carbonyl (C=O) groups is 5. The van der Waals surface area contributed by atoms with Crippen LogP contribution in [0.3, 0.4) is 0 Å². The van der Waals surface area contributed by atoms with Crippen LogP contribution in [0.25, 0.3) is 0 Å². The summed E-state index contributed by atoms with van der Waals surface area (Å²) in [7, 11) is 0. The van der Waals surface area contributed by atoms with Gasteiger partial charge in [-0.15, -0.1) is 0 Å². The molecule has 6 aliphatic heterocycles. The summed E-state index contributed by atoms with van der Waals surface area (Å²) in [6.45, 7) is 16.6. The molecule has 0 saturated carbocycles. The molecule has 2 saturated heterocycles. The Hall–Kier alpha value is -6.37. The highest BCUT2D eigenvalue weighted by Gasteiger charge is 2.54. The third kappa shape index (κ3) is 10.5. The third-order valence-corrected chi connectivity index (χ3v) is 14.6. The van der Waals surface area contributed by atoms with Gasteiger partial charge in [-0.1, -0.05) is 52.0 Å². The number of esters is 1. The largest absolute Gasteiger partial charge is 0.507 e. The lowest BCUT2D eigenvalue weighted by molar-refractivity contribution is -0.155. The van der Waals surface area contributed by atoms with Gasteiger partial charge in [0.05, 0.1) is 41.0 Å². The van der Waals surface area contributed by atoms with Crippen molar-refractivity contribution < 1.29 is 53.5 Å². The number of ketones is 2. The number of ether oxygens (including phenoxy) is 3. The minimum atomic E-state index is -1.95. The number of aromatic hydroxyl groups is 1. The number of benzene rings is 1. The zero-order chi connectivity index (χ0) is 50.9. The number of likely N-dealkylation sites (tertiary alicyclic amines) is 1. The molecule has 2 aromatic rings. The van der Waals surface area contributed by atoms with E-state index in [9.17, 15) is 39.3 Å². The number of piperidine rings is 1. The molecule has 1 aromatic carbocycles. The van der Waals surface area contributed by atoms with Crippen LogP contribution in [-0.2, 0) is 23.9 Å². The summed E-state index contributed by atoms with van der Waals surface area (Å²) >= 11 is 0. The molecular formula is C53H67N7O11. The number of carbonyl (C=O) groups excluding carboxylic acids is 5. The number of nitrogens with one attached hydrogen (secondary N) is 2. The molecule has 1 aliphatic carbocycles. The first-order valence-corrected chi connectivity index (χ1v) is 24.8. The van der Waals surface area contributed by atoms with Crippen LogP contribution in [0.15, 0.2) is 76.9 Å². The molecule has 1 aromatic heterocycles. The number of aromatic nitrogens is 1. The van der Waals surface area contributed by atoms with Crippen LogP contribution >= 0.6 is 0 Å². The maximum absolute atomic E-state index is 14.8. The second-order valence-electron chi connectivity index (χ2n) is 20.3. The van der Waals surface area contributed by atoms with E-state index >= 15 is 0 Å². The van der Waals surface area contributed by atoms with Gasteiger partial charge in [-0.25, -0.2) is 4.98 Å². The number of amides is 2. The second kappa shape index (κ2) is 20.8. The highest BCUT2D eigenvalue weighted by atomic mass is 16.7. The molecule has 2 amide bonds. The molecular weight excluding hydrogens is 911 g/mol. The van der Waals surface area contributed by atoms with Gasteiger partial charge in [0, 0.05) is 107 Å². The van der Waals surface area contributed by atoms with Crippen LogP contribution in [-0.4, -0.2) is 141 Å². The number of phenols is 1. The van der Waals surface area contributed by atoms with Gasteiger partial charge in [0.15, 0.2) is 0 Å². The van der Waals surface area contributed by atoms with Gasteiger partial charge in [0.25, 0.3) is 11.7 Å². The lowest BCUT2D eigenvalue weighted by Gasteiger charge is -2.38. The Bertz CT molecular complexity index is 2590. The number of phenolic OH excluding ortho intramolecular Hbond substituents is 1. The molecule has 2 fully saturated rings. The topological polar surface area (TPSA) is 233 Å². The van der Waals surface area contributed by atoms with Crippen molar-refractivity contribution in [1.29, 1.82) is 0 Å². The van der Waals surface area contributed by atoms with Crippen molar-refractivity contribution in [3.63, 3.8) is 0 Å². The van der Waals surface area contributed by atoms with Gasteiger partial charge >= 0.3 is 11.8 Å². The van der Waals surface area contributed by atoms with Crippen molar-refractivity contribution in [2.24, 2.45) is 22.7 Å². The second-order valence-corrected chi connectivity index (χ2v) is 20.3. The number of nitrogens with zero attached hydrogens (tertiary/aromatic N) is 5. The molecule has 0 radical (unpaired) electrons. The van der Waals surface area contributed by atoms with Gasteiger partial charge in [-0.3, -0.25) is 29.0 Å². The first kappa shape index (κ1) is 51.0. The molecule has 5 bridgehead atoms. The van der Waals surface area contributed by atoms with Gasteiger partial charge in [0.2, 0.25) is 11.7 Å². The number of hydrogen-bond donors (Lipinski definition) is 5. The highest BCUT2D eigenvalue weighted by molar-refractivity contribution is 6.34. The molecule has 7 heterocycles. The van der Waals surface area contributed by atoms with E-state index < -0.39 is 77.2 Å². The average Bonchev–Trinajstić information content (AvgIpc) is 3.84. The summed E-state index contributed by atoms with van der Waals surface area (Å²) in [5.74, 6) is -5.35. The number of piperazine rings is 1. The van der Waals surface area contributed by atoms with E-state index in [1.54, 1.807) is 56.2 Å². The van der Waals surface area contributed by atoms with E-state index in [4.69, 9.17) is 19.2 Å². The lowest BCUT2D eigenvalue weighted by Crippen LogP contribution is -2.50. The number of aliphatic imine (C=N–C) groups is 1. The zero-order valence-electron chi connectivity index (χ0n) is 41.7. The van der Waals surface area contributed by atoms with E-state index in [1.165, 1.54) is 20.1 Å². The van der Waals surface area contributed by atoms with Crippen molar-refractivity contribution in [3.8, 4) is 11.5 Å². The van der Waals surface area contributed by atoms with Crippen LogP contribution in [0.4, 0.5) is 5.82 Å². The van der Waals surface area contributed by atoms with Gasteiger partial charge < -0.3 is 54.9 Å². The molecule has 3 unspecified atom stereocenters. The number of allylic oxidation sites excluding steroid dienone is 5. The van der Waals surface area contributed by atoms with E-state index in [0.29, 0.717) is 58.0 Å². The smallest absolute Gasteiger partial charge is 0.315 e. The maximum Gasteiger partial charge on any atom is 0.315 e. The SMILES string of the molecule is C/C1=C/C=C/C(C)[C@H](O)[C@@H](C)C(O)C[C@H](OC(=O)CC(=O)N2CCN(c3ccccn3)CC2)CC/C=C/OC2(C)Oc3c(C)c(O)c4c(c3C2=O)C2=NC3(CCN(CC(C)C)CC3)NC2=C(NC1=O)C4=O. The predicted molar refractivity (Wildman–Crippen MR) is 263 cm³/mol. The number of Topliss-reactive ketones (excluding diaryl/α,β-unsaturated/α-hetero) is 2. The number of anilines is 1. The summed E-state index contributed by atoms with van der Waals surface area (Å²) < 4.78 is 18.2. The summed E-state index contributed by atoms with van der Waals surface area (Å²) in [5, 5.41) is 41.0. The van der Waals surface area contributed by atoms with Crippen LogP contribution < -0.4 is 20.3 Å². The number of pyridine rings is 1. The van der Waals surface area contributed by atoms with Gasteiger partial charge in [-0.2, -0.15) is 0 Å². The number of hydrogen-bond acceptors (Lipinski definition) is 16. The van der Waals surface area contributed by atoms with E-state index in [0.717, 1.165) is 12.4 Å². The Morgan fingerprint density at radius 2 is 1.72 bits per heavy atom. The summed E-state index contributed by atoms with van der Waals surface area (Å²) in [4.78, 5) is 85.9. The number of rotatable bonds is 6. The fourth-order valence-electron chi connectivity index (χ4n) is 10.3. The Kier molecular flexibility index (Phi) is 14.9. The summed E-state index contributed by atoms with van der Waals surface area (Å²) in [6, 6.07) is 5.64. The van der Waals surface area contributed by atoms with E-state index in [2.05, 4.69) is 39.3 Å². The Morgan fingerprint density at radius 3 is 2.41 bits per heavy atom. The van der Waals surface area contributed by atoms with Crippen molar-refractivity contribution in [2.45, 2.75) is 117 Å². The normalized spacial score (nSPS) is 28.8. The van der Waals surface area contributed by atoms with Crippen molar-refractivity contribution in [2.75, 3.05) is 50.7 Å². The van der Waals surface area contributed by atoms with Crippen molar-refractivity contribution in [1.82, 2.24) is 25.4 Å². The lowest BCUT2D eigenvalue weighted by atomic mass is 9.82. The highest BCUT2D eigenvalue weighted by Crippen LogP contribution is 2.50. The van der Waals surface area contributed by atoms with Crippen LogP contribution in [0.5, 0.6) is 11.5 Å². The number of aliphatic hydroxyl groups excluding tert-OH is 2. The van der Waals surface area contributed by atoms with Crippen LogP contribution in [0.2, 0.25) is 0 Å². The van der Waals surface area contributed by atoms with Crippen LogP contribution in [0.1, 0.15) is 112 Å². The Morgan fingerprint density at radius 1 is 0.986 bits per heavy atom. The fraction of sp³-hybridized carbons (Fsp3) is 0.528. The molecule has 7 aliphatic rings. The first-order valence-electron chi connectivity index (χ1n) is 24.8. The maximum atomic E-state index is 14.8. The molecule has 18 heteroatoms. The standard InChI is InChI=1S/C53H67N7O11/c1-30(2)29-58-20-17-53(18-21-58)56-43-40-41-47(65)34(6)49-42(40)50(67)52(7,71-49)69-26-11-9-15-35(70-39(63)28-38(62)60-24-22-59(23-25-60)37-16-8-10-19-54-37)27-36(61)33(5)46(64)31(3)13-12-14-32(4)51(68)55-45(48(41)66)44(43)57-53/h8,10-14,16,19,26,30-31,33,35-36,46,57,61,64-65H,9,15,17-18,20-25,27-29H2,1-7H3,(H,55,68)/b13-12+,26-11+,32-14-/t31?,33-,35+,36?,46-,52?/m0/s1. The zero-order valence-corrected chi connectivity index (χ0v) is 41.7. The predicted octanol–water partition coefficient (Wildman–Crippen LogP) is 4.61. The Labute approximate surface area is 414 Å². The van der Waals surface area contributed by atoms with E-state index in [-0.39, 0.29) is 75.9 Å². The fourth-order valence-corrected chi connectivity index (χ4v) is 10.3. The molecule has 380 valence electrons. The number of fused-ring (bicyclic) bond motifs is 13. The molecule has 1 spiro atoms. The van der Waals surface area contributed by atoms with Crippen LogP contribution in [0, 0.1) is 24.7 Å². The number of aliphatic hydroxyl groups is 2. The quantitative estimate of drug-likeness (QED) is 0.197. The van der Waals surface area contributed by atoms with Crippen molar-refractivity contribution in [3.05, 3.63) is 94.2 Å². The van der Waals surface area contributed by atoms with Gasteiger partial charge in [0.1, 0.15) is 41.2 Å². The molecule has 5 N–H and O–H groups in total. The third-order valence-electron chi connectivity index (χ3n) is 14.6. The summed E-state index contributed by atoms with van der Waals surface area (Å²) in [6.07, 6.45) is 7.41.